The van der Waals surface area contributed by atoms with Crippen molar-refractivity contribution in [2.75, 3.05) is 31.1 Å². The third-order valence-electron chi connectivity index (χ3n) is 8.96. The van der Waals surface area contributed by atoms with Crippen LogP contribution in [0.1, 0.15) is 48.3 Å². The average Bonchev–Trinajstić information content (AvgIpc) is 3.01. The largest absolute Gasteiger partial charge is 0.481 e. The molecule has 10 heteroatoms. The SMILES string of the molecule is Cc1ccc(N2CC(CC(=O)O)(CC(=O)N3CCC(C(C#N)c4ccccc4)CC3)CN(Cc3ccc(Cl)cc3Cl)C2=O)cc1. The number of aryl methyl sites for hydroxylation is 1. The normalized spacial score (nSPS) is 19.7. The fourth-order valence-corrected chi connectivity index (χ4v) is 7.10. The number of carboxylic acid groups (broad SMARTS) is 1. The van der Waals surface area contributed by atoms with Crippen LogP contribution in [0.3, 0.4) is 0 Å². The van der Waals surface area contributed by atoms with Crippen LogP contribution in [-0.2, 0) is 16.1 Å². The second-order valence-electron chi connectivity index (χ2n) is 12.3. The minimum Gasteiger partial charge on any atom is -0.481 e. The van der Waals surface area contributed by atoms with Crippen LogP contribution in [0.25, 0.3) is 0 Å². The summed E-state index contributed by atoms with van der Waals surface area (Å²) in [5.74, 6) is -1.31. The molecule has 0 aliphatic carbocycles. The molecule has 2 unspecified atom stereocenters. The van der Waals surface area contributed by atoms with Crippen LogP contribution in [0, 0.1) is 29.6 Å². The summed E-state index contributed by atoms with van der Waals surface area (Å²) >= 11 is 12.6. The number of halogens is 2. The van der Waals surface area contributed by atoms with Gasteiger partial charge in [0.1, 0.15) is 0 Å². The lowest BCUT2D eigenvalue weighted by Gasteiger charge is -2.48. The van der Waals surface area contributed by atoms with Crippen LogP contribution in [0.15, 0.2) is 72.8 Å². The maximum Gasteiger partial charge on any atom is 0.324 e. The number of likely N-dealkylation sites (tertiary alicyclic amines) is 1. The quantitative estimate of drug-likeness (QED) is 0.266. The third-order valence-corrected chi connectivity index (χ3v) is 9.54. The number of aliphatic carboxylic acids is 1. The topological polar surface area (TPSA) is 105 Å². The Morgan fingerprint density at radius 3 is 2.31 bits per heavy atom. The molecule has 0 aromatic heterocycles. The fourth-order valence-electron chi connectivity index (χ4n) is 6.64. The standard InChI is InChI=1S/C35H36Cl2N4O4/c1-24-7-11-29(12-8-24)41-23-35(19-33(43)44,22-40(34(41)45)21-27-9-10-28(36)17-31(27)37)18-32(42)39-15-13-26(14-16-39)30(20-38)25-5-3-2-4-6-25/h2-12,17,26,30H,13-16,18-19,21-23H2,1H3,(H,43,44). The summed E-state index contributed by atoms with van der Waals surface area (Å²) in [6, 6.07) is 24.4. The average molecular weight is 648 g/mol. The summed E-state index contributed by atoms with van der Waals surface area (Å²) in [6.45, 7) is 3.22. The van der Waals surface area contributed by atoms with Gasteiger partial charge >= 0.3 is 12.0 Å². The number of carboxylic acids is 1. The van der Waals surface area contributed by atoms with Crippen LogP contribution in [0.5, 0.6) is 0 Å². The molecule has 0 spiro atoms. The van der Waals surface area contributed by atoms with Gasteiger partial charge in [-0.2, -0.15) is 5.26 Å². The third kappa shape index (κ3) is 7.61. The number of benzene rings is 3. The smallest absolute Gasteiger partial charge is 0.324 e. The van der Waals surface area contributed by atoms with E-state index < -0.39 is 11.4 Å². The lowest BCUT2D eigenvalue weighted by Crippen LogP contribution is -2.60. The minimum atomic E-state index is -1.06. The van der Waals surface area contributed by atoms with Crippen LogP contribution >= 0.6 is 23.2 Å². The summed E-state index contributed by atoms with van der Waals surface area (Å²) in [6.07, 6.45) is 1.03. The molecule has 8 nitrogen and oxygen atoms in total. The van der Waals surface area contributed by atoms with Gasteiger partial charge in [-0.3, -0.25) is 14.5 Å². The number of carbonyl (C=O) groups is 3. The summed E-state index contributed by atoms with van der Waals surface area (Å²) in [5, 5.41) is 20.9. The van der Waals surface area contributed by atoms with Crippen molar-refractivity contribution in [2.45, 2.75) is 45.1 Å². The highest BCUT2D eigenvalue weighted by Gasteiger charge is 2.47. The summed E-state index contributed by atoms with van der Waals surface area (Å²) in [4.78, 5) is 45.1. The molecule has 2 aliphatic heterocycles. The molecule has 2 atom stereocenters. The first kappa shape index (κ1) is 32.3. The molecule has 234 valence electrons. The van der Waals surface area contributed by atoms with E-state index in [4.69, 9.17) is 23.2 Å². The van der Waals surface area contributed by atoms with E-state index in [9.17, 15) is 24.8 Å². The van der Waals surface area contributed by atoms with Crippen LogP contribution < -0.4 is 4.90 Å². The van der Waals surface area contributed by atoms with Crippen molar-refractivity contribution in [1.29, 1.82) is 5.26 Å². The Kier molecular flexibility index (Phi) is 10.0. The number of rotatable bonds is 9. The maximum atomic E-state index is 13.9. The number of piperidine rings is 1. The lowest BCUT2D eigenvalue weighted by molar-refractivity contribution is -0.142. The van der Waals surface area contributed by atoms with Gasteiger partial charge in [0, 0.05) is 60.3 Å². The van der Waals surface area contributed by atoms with Crippen molar-refractivity contribution in [3.8, 4) is 6.07 Å². The molecule has 2 saturated heterocycles. The summed E-state index contributed by atoms with van der Waals surface area (Å²) in [7, 11) is 0. The molecule has 2 fully saturated rings. The van der Waals surface area contributed by atoms with Gasteiger partial charge in [0.2, 0.25) is 5.91 Å². The van der Waals surface area contributed by atoms with Gasteiger partial charge in [-0.15, -0.1) is 0 Å². The molecule has 1 N–H and O–H groups in total. The maximum absolute atomic E-state index is 13.9. The number of carbonyl (C=O) groups excluding carboxylic acids is 2. The van der Waals surface area contributed by atoms with Crippen molar-refractivity contribution in [3.05, 3.63) is 99.5 Å². The van der Waals surface area contributed by atoms with E-state index in [0.29, 0.717) is 47.2 Å². The van der Waals surface area contributed by atoms with Crippen LogP contribution in [0.2, 0.25) is 10.0 Å². The van der Waals surface area contributed by atoms with Crippen molar-refractivity contribution in [2.24, 2.45) is 11.3 Å². The Morgan fingerprint density at radius 1 is 1.00 bits per heavy atom. The Balaban J connectivity index is 1.39. The second-order valence-corrected chi connectivity index (χ2v) is 13.1. The molecule has 3 aromatic carbocycles. The van der Waals surface area contributed by atoms with E-state index in [1.807, 2.05) is 61.5 Å². The molecular formula is C35H36Cl2N4O4. The predicted octanol–water partition coefficient (Wildman–Crippen LogP) is 7.14. The fraction of sp³-hybridized carbons (Fsp3) is 0.371. The van der Waals surface area contributed by atoms with Crippen LogP contribution in [-0.4, -0.2) is 59.0 Å². The lowest BCUT2D eigenvalue weighted by atomic mass is 9.77. The van der Waals surface area contributed by atoms with Gasteiger partial charge in [-0.05, 0) is 61.1 Å². The van der Waals surface area contributed by atoms with E-state index in [2.05, 4.69) is 6.07 Å². The highest BCUT2D eigenvalue weighted by Crippen LogP contribution is 2.39. The molecule has 0 radical (unpaired) electrons. The molecule has 45 heavy (non-hydrogen) atoms. The number of anilines is 1. The van der Waals surface area contributed by atoms with Gasteiger partial charge in [0.25, 0.3) is 0 Å². The first-order valence-electron chi connectivity index (χ1n) is 15.1. The molecule has 0 bridgehead atoms. The van der Waals surface area contributed by atoms with E-state index in [-0.39, 0.29) is 56.3 Å². The van der Waals surface area contributed by atoms with Gasteiger partial charge in [-0.25, -0.2) is 4.79 Å². The zero-order valence-corrected chi connectivity index (χ0v) is 26.7. The molecule has 3 aromatic rings. The van der Waals surface area contributed by atoms with E-state index in [0.717, 1.165) is 11.1 Å². The highest BCUT2D eigenvalue weighted by atomic mass is 35.5. The predicted molar refractivity (Wildman–Crippen MR) is 174 cm³/mol. The highest BCUT2D eigenvalue weighted by molar-refractivity contribution is 6.35. The van der Waals surface area contributed by atoms with Crippen molar-refractivity contribution in [1.82, 2.24) is 9.80 Å². The Labute approximate surface area is 273 Å². The number of urea groups is 1. The molecule has 2 aliphatic rings. The molecule has 0 saturated carbocycles. The first-order chi connectivity index (χ1) is 21.6. The second kappa shape index (κ2) is 13.9. The Bertz CT molecular complexity index is 1590. The van der Waals surface area contributed by atoms with Gasteiger partial charge in [-0.1, -0.05) is 77.3 Å². The van der Waals surface area contributed by atoms with E-state index in [1.54, 1.807) is 32.9 Å². The monoisotopic (exact) mass is 646 g/mol. The number of amides is 3. The Morgan fingerprint density at radius 2 is 1.69 bits per heavy atom. The number of nitrogens with zero attached hydrogens (tertiary/aromatic N) is 4. The molecule has 3 amide bonds. The molecule has 2 heterocycles. The van der Waals surface area contributed by atoms with Gasteiger partial charge in [0.15, 0.2) is 0 Å². The van der Waals surface area contributed by atoms with Gasteiger partial charge in [0.05, 0.1) is 18.4 Å². The zero-order chi connectivity index (χ0) is 32.1. The van der Waals surface area contributed by atoms with Crippen LogP contribution in [0.4, 0.5) is 10.5 Å². The van der Waals surface area contributed by atoms with Crippen molar-refractivity contribution < 1.29 is 19.5 Å². The number of hydrogen-bond acceptors (Lipinski definition) is 4. The number of nitriles is 1. The first-order valence-corrected chi connectivity index (χ1v) is 15.8. The van der Waals surface area contributed by atoms with Crippen molar-refractivity contribution >= 4 is 46.8 Å². The zero-order valence-electron chi connectivity index (χ0n) is 25.2. The van der Waals surface area contributed by atoms with E-state index in [1.165, 1.54) is 0 Å². The van der Waals surface area contributed by atoms with E-state index >= 15 is 0 Å². The number of hydrogen-bond donors (Lipinski definition) is 1. The molecule has 5 rings (SSSR count). The van der Waals surface area contributed by atoms with Gasteiger partial charge < -0.3 is 14.9 Å². The summed E-state index contributed by atoms with van der Waals surface area (Å²) in [5.41, 5.74) is 2.24. The minimum absolute atomic E-state index is 0.0369. The Hall–Kier alpha value is -4.06. The summed E-state index contributed by atoms with van der Waals surface area (Å²) < 4.78 is 0. The van der Waals surface area contributed by atoms with Crippen molar-refractivity contribution in [3.63, 3.8) is 0 Å². The molecular weight excluding hydrogens is 611 g/mol.